The van der Waals surface area contributed by atoms with Crippen molar-refractivity contribution in [3.63, 3.8) is 0 Å². The maximum Gasteiger partial charge on any atom is 0.272 e. The Labute approximate surface area is 143 Å². The van der Waals surface area contributed by atoms with Crippen molar-refractivity contribution in [3.05, 3.63) is 70.1 Å². The van der Waals surface area contributed by atoms with Gasteiger partial charge in [0.15, 0.2) is 0 Å². The summed E-state index contributed by atoms with van der Waals surface area (Å²) in [5, 5.41) is 10.9. The fourth-order valence-electron chi connectivity index (χ4n) is 2.67. The molecule has 0 atom stereocenters. The summed E-state index contributed by atoms with van der Waals surface area (Å²) in [6.07, 6.45) is 1.62. The van der Waals surface area contributed by atoms with E-state index in [1.807, 2.05) is 36.4 Å². The van der Waals surface area contributed by atoms with Gasteiger partial charge in [-0.1, -0.05) is 30.3 Å². The number of rotatable bonds is 6. The van der Waals surface area contributed by atoms with E-state index in [4.69, 9.17) is 0 Å². The first-order chi connectivity index (χ1) is 12.2. The van der Waals surface area contributed by atoms with Gasteiger partial charge in [-0.25, -0.2) is 5.10 Å². The van der Waals surface area contributed by atoms with E-state index in [0.29, 0.717) is 17.5 Å². The van der Waals surface area contributed by atoms with Crippen LogP contribution in [0.3, 0.4) is 0 Å². The standard InChI is InChI=1S/C19H17N3O3/c23-10-4-9-18(24)20-14-6-3-5-13(11-14)12-17-15-7-1-2-8-16(15)19(25)22-21-17/h1-3,5-8,10-11H,4,9,12H2,(H,20,24)(H,22,25). The Bertz CT molecular complexity index is 979. The maximum absolute atomic E-state index is 11.9. The van der Waals surface area contributed by atoms with E-state index in [-0.39, 0.29) is 24.3 Å². The lowest BCUT2D eigenvalue weighted by atomic mass is 10.0. The zero-order valence-corrected chi connectivity index (χ0v) is 13.5. The van der Waals surface area contributed by atoms with Crippen molar-refractivity contribution >= 4 is 28.7 Å². The number of benzene rings is 2. The molecule has 2 N–H and O–H groups in total. The van der Waals surface area contributed by atoms with Gasteiger partial charge in [0.05, 0.1) is 11.1 Å². The summed E-state index contributed by atoms with van der Waals surface area (Å²) >= 11 is 0. The van der Waals surface area contributed by atoms with Crippen LogP contribution in [0.15, 0.2) is 53.3 Å². The van der Waals surface area contributed by atoms with Crippen molar-refractivity contribution in [2.75, 3.05) is 5.32 Å². The Balaban J connectivity index is 1.83. The minimum Gasteiger partial charge on any atom is -0.326 e. The summed E-state index contributed by atoms with van der Waals surface area (Å²) in [6.45, 7) is 0. The van der Waals surface area contributed by atoms with Gasteiger partial charge < -0.3 is 10.1 Å². The molecule has 1 amide bonds. The molecular formula is C19H17N3O3. The molecule has 25 heavy (non-hydrogen) atoms. The first-order valence-electron chi connectivity index (χ1n) is 7.96. The van der Waals surface area contributed by atoms with Crippen LogP contribution in [0.4, 0.5) is 5.69 Å². The molecule has 6 nitrogen and oxygen atoms in total. The second-order valence-corrected chi connectivity index (χ2v) is 5.68. The molecule has 1 heterocycles. The van der Waals surface area contributed by atoms with Crippen molar-refractivity contribution in [2.24, 2.45) is 0 Å². The van der Waals surface area contributed by atoms with Crippen LogP contribution in [-0.4, -0.2) is 22.4 Å². The monoisotopic (exact) mass is 335 g/mol. The molecule has 126 valence electrons. The molecule has 2 aromatic carbocycles. The number of aldehydes is 1. The Kier molecular flexibility index (Phi) is 4.99. The highest BCUT2D eigenvalue weighted by Crippen LogP contribution is 2.18. The number of nitrogens with zero attached hydrogens (tertiary/aromatic N) is 1. The molecule has 0 bridgehead atoms. The third-order valence-electron chi connectivity index (χ3n) is 3.85. The summed E-state index contributed by atoms with van der Waals surface area (Å²) in [6, 6.07) is 14.8. The zero-order valence-electron chi connectivity index (χ0n) is 13.5. The van der Waals surface area contributed by atoms with Crippen LogP contribution >= 0.6 is 0 Å². The molecule has 0 spiro atoms. The van der Waals surface area contributed by atoms with Gasteiger partial charge in [0, 0.05) is 30.3 Å². The molecule has 3 aromatic rings. The van der Waals surface area contributed by atoms with Crippen LogP contribution in [0, 0.1) is 0 Å². The lowest BCUT2D eigenvalue weighted by Gasteiger charge is -2.08. The predicted octanol–water partition coefficient (Wildman–Crippen LogP) is 2.43. The SMILES string of the molecule is O=CCCC(=O)Nc1cccc(Cc2n[nH]c(=O)c3ccccc23)c1. The number of amides is 1. The number of H-pyrrole nitrogens is 1. The molecule has 3 rings (SSSR count). The molecule has 0 fully saturated rings. The molecule has 0 unspecified atom stereocenters. The van der Waals surface area contributed by atoms with Gasteiger partial charge in [-0.2, -0.15) is 5.10 Å². The second-order valence-electron chi connectivity index (χ2n) is 5.68. The molecular weight excluding hydrogens is 318 g/mol. The number of nitrogens with one attached hydrogen (secondary N) is 2. The molecule has 0 radical (unpaired) electrons. The molecule has 0 aliphatic carbocycles. The second kappa shape index (κ2) is 7.53. The minimum atomic E-state index is -0.212. The Hall–Kier alpha value is -3.28. The van der Waals surface area contributed by atoms with Crippen LogP contribution in [0.1, 0.15) is 24.1 Å². The summed E-state index contributed by atoms with van der Waals surface area (Å²) in [7, 11) is 0. The third kappa shape index (κ3) is 3.98. The van der Waals surface area contributed by atoms with Crippen molar-refractivity contribution in [2.45, 2.75) is 19.3 Å². The summed E-state index contributed by atoms with van der Waals surface area (Å²) in [5.41, 5.74) is 2.18. The predicted molar refractivity (Wildman–Crippen MR) is 95.5 cm³/mol. The maximum atomic E-state index is 11.9. The van der Waals surface area contributed by atoms with Gasteiger partial charge in [-0.15, -0.1) is 0 Å². The summed E-state index contributed by atoms with van der Waals surface area (Å²) in [5.74, 6) is -0.197. The Morgan fingerprint density at radius 3 is 2.72 bits per heavy atom. The number of fused-ring (bicyclic) bond motifs is 1. The van der Waals surface area contributed by atoms with E-state index < -0.39 is 0 Å². The van der Waals surface area contributed by atoms with E-state index in [0.717, 1.165) is 22.9 Å². The van der Waals surface area contributed by atoms with Crippen LogP contribution < -0.4 is 10.9 Å². The number of hydrogen-bond donors (Lipinski definition) is 2. The van der Waals surface area contributed by atoms with Gasteiger partial charge in [-0.3, -0.25) is 9.59 Å². The third-order valence-corrected chi connectivity index (χ3v) is 3.85. The average molecular weight is 335 g/mol. The van der Waals surface area contributed by atoms with E-state index in [9.17, 15) is 14.4 Å². The molecule has 1 aromatic heterocycles. The highest BCUT2D eigenvalue weighted by atomic mass is 16.2. The summed E-state index contributed by atoms with van der Waals surface area (Å²) in [4.78, 5) is 33.9. The lowest BCUT2D eigenvalue weighted by molar-refractivity contribution is -0.118. The fourth-order valence-corrected chi connectivity index (χ4v) is 2.67. The average Bonchev–Trinajstić information content (AvgIpc) is 2.63. The lowest BCUT2D eigenvalue weighted by Crippen LogP contribution is -2.12. The molecule has 0 aliphatic heterocycles. The normalized spacial score (nSPS) is 10.6. The minimum absolute atomic E-state index is 0.167. The number of carbonyl (C=O) groups is 2. The van der Waals surface area contributed by atoms with Gasteiger partial charge in [0.2, 0.25) is 5.91 Å². The topological polar surface area (TPSA) is 91.9 Å². The fraction of sp³-hybridized carbons (Fsp3) is 0.158. The van der Waals surface area contributed by atoms with Gasteiger partial charge in [0.25, 0.3) is 5.56 Å². The van der Waals surface area contributed by atoms with E-state index in [2.05, 4.69) is 15.5 Å². The number of aromatic amines is 1. The van der Waals surface area contributed by atoms with Crippen molar-refractivity contribution in [1.29, 1.82) is 0 Å². The smallest absolute Gasteiger partial charge is 0.272 e. The number of hydrogen-bond acceptors (Lipinski definition) is 4. The van der Waals surface area contributed by atoms with Crippen molar-refractivity contribution in [1.82, 2.24) is 10.2 Å². The highest BCUT2D eigenvalue weighted by molar-refractivity contribution is 5.91. The zero-order chi connectivity index (χ0) is 17.6. The summed E-state index contributed by atoms with van der Waals surface area (Å²) < 4.78 is 0. The quantitative estimate of drug-likeness (QED) is 0.677. The van der Waals surface area contributed by atoms with E-state index in [1.165, 1.54) is 0 Å². The largest absolute Gasteiger partial charge is 0.326 e. The number of carbonyl (C=O) groups excluding carboxylic acids is 2. The first-order valence-corrected chi connectivity index (χ1v) is 7.96. The van der Waals surface area contributed by atoms with Crippen molar-refractivity contribution < 1.29 is 9.59 Å². The first kappa shape index (κ1) is 16.6. The molecule has 6 heteroatoms. The Morgan fingerprint density at radius 1 is 1.12 bits per heavy atom. The molecule has 0 aliphatic rings. The van der Waals surface area contributed by atoms with Crippen LogP contribution in [0.25, 0.3) is 10.8 Å². The van der Waals surface area contributed by atoms with Gasteiger partial charge in [0.1, 0.15) is 6.29 Å². The number of anilines is 1. The van der Waals surface area contributed by atoms with Crippen LogP contribution in [0.5, 0.6) is 0 Å². The van der Waals surface area contributed by atoms with Gasteiger partial charge in [-0.05, 0) is 23.8 Å². The molecule has 0 saturated heterocycles. The van der Waals surface area contributed by atoms with Crippen LogP contribution in [-0.2, 0) is 16.0 Å². The van der Waals surface area contributed by atoms with Gasteiger partial charge >= 0.3 is 0 Å². The molecule has 0 saturated carbocycles. The van der Waals surface area contributed by atoms with Crippen molar-refractivity contribution in [3.8, 4) is 0 Å². The highest BCUT2D eigenvalue weighted by Gasteiger charge is 2.08. The van der Waals surface area contributed by atoms with E-state index in [1.54, 1.807) is 12.1 Å². The van der Waals surface area contributed by atoms with E-state index >= 15 is 0 Å². The number of aromatic nitrogens is 2. The Morgan fingerprint density at radius 2 is 1.92 bits per heavy atom. The van der Waals surface area contributed by atoms with Crippen LogP contribution in [0.2, 0.25) is 0 Å².